The van der Waals surface area contributed by atoms with Crippen molar-refractivity contribution in [2.24, 2.45) is 0 Å². The van der Waals surface area contributed by atoms with Crippen LogP contribution in [0.4, 0.5) is 5.69 Å². The van der Waals surface area contributed by atoms with Gasteiger partial charge in [0.1, 0.15) is 11.5 Å². The van der Waals surface area contributed by atoms with Crippen LogP contribution < -0.4 is 10.6 Å². The number of benzene rings is 1. The van der Waals surface area contributed by atoms with Crippen LogP contribution in [0.25, 0.3) is 0 Å². The summed E-state index contributed by atoms with van der Waals surface area (Å²) in [6.07, 6.45) is 0. The third-order valence-electron chi connectivity index (χ3n) is 3.07. The Hall–Kier alpha value is -2.23. The lowest BCUT2D eigenvalue weighted by molar-refractivity contribution is 0.0947. The number of furan rings is 1. The molecule has 0 bridgehead atoms. The largest absolute Gasteiger partial charge is 0.465 e. The number of anilines is 1. The lowest BCUT2D eigenvalue weighted by Crippen LogP contribution is -2.23. The molecule has 0 aliphatic carbocycles. The molecule has 2 aromatic rings. The van der Waals surface area contributed by atoms with E-state index in [9.17, 15) is 4.79 Å². The molecular weight excluding hydrogens is 252 g/mol. The number of hydrogen-bond acceptors (Lipinski definition) is 3. The standard InChI is InChI=1S/C16H20N2O2/c1-4-17-13-6-8-15(11(2)9-13)16(19)18-10-14-7-5-12(3)20-14/h5-9,17H,4,10H2,1-3H3,(H,18,19). The van der Waals surface area contributed by atoms with Gasteiger partial charge in [0.25, 0.3) is 5.91 Å². The molecule has 0 fully saturated rings. The smallest absolute Gasteiger partial charge is 0.251 e. The number of rotatable bonds is 5. The van der Waals surface area contributed by atoms with Gasteiger partial charge in [0.2, 0.25) is 0 Å². The van der Waals surface area contributed by atoms with E-state index in [2.05, 4.69) is 10.6 Å². The molecule has 0 saturated carbocycles. The van der Waals surface area contributed by atoms with E-state index in [1.165, 1.54) is 0 Å². The molecule has 1 amide bonds. The second kappa shape index (κ2) is 6.28. The Bertz CT molecular complexity index is 602. The fourth-order valence-electron chi connectivity index (χ4n) is 2.08. The Morgan fingerprint density at radius 1 is 1.20 bits per heavy atom. The first kappa shape index (κ1) is 14.2. The average molecular weight is 272 g/mol. The van der Waals surface area contributed by atoms with E-state index in [1.54, 1.807) is 0 Å². The number of hydrogen-bond donors (Lipinski definition) is 2. The fraction of sp³-hybridized carbons (Fsp3) is 0.312. The maximum atomic E-state index is 12.1. The Morgan fingerprint density at radius 3 is 2.60 bits per heavy atom. The van der Waals surface area contributed by atoms with Crippen molar-refractivity contribution in [3.63, 3.8) is 0 Å². The predicted molar refractivity (Wildman–Crippen MR) is 80.0 cm³/mol. The summed E-state index contributed by atoms with van der Waals surface area (Å²) in [7, 11) is 0. The summed E-state index contributed by atoms with van der Waals surface area (Å²) in [6, 6.07) is 9.50. The van der Waals surface area contributed by atoms with E-state index in [-0.39, 0.29) is 5.91 Å². The quantitative estimate of drug-likeness (QED) is 0.878. The summed E-state index contributed by atoms with van der Waals surface area (Å²) in [5.74, 6) is 1.53. The van der Waals surface area contributed by atoms with E-state index in [0.29, 0.717) is 12.1 Å². The molecule has 4 nitrogen and oxygen atoms in total. The zero-order valence-corrected chi connectivity index (χ0v) is 12.1. The number of nitrogens with one attached hydrogen (secondary N) is 2. The van der Waals surface area contributed by atoms with Gasteiger partial charge in [-0.1, -0.05) is 0 Å². The Balaban J connectivity index is 2.01. The lowest BCUT2D eigenvalue weighted by Gasteiger charge is -2.09. The summed E-state index contributed by atoms with van der Waals surface area (Å²) >= 11 is 0. The first-order chi connectivity index (χ1) is 9.60. The third-order valence-corrected chi connectivity index (χ3v) is 3.07. The van der Waals surface area contributed by atoms with Crippen LogP contribution in [0.2, 0.25) is 0 Å². The second-order valence-electron chi connectivity index (χ2n) is 4.76. The highest BCUT2D eigenvalue weighted by Crippen LogP contribution is 2.15. The van der Waals surface area contributed by atoms with Crippen LogP contribution in [-0.2, 0) is 6.54 Å². The molecule has 0 spiro atoms. The fourth-order valence-corrected chi connectivity index (χ4v) is 2.08. The van der Waals surface area contributed by atoms with Crippen molar-refractivity contribution in [1.29, 1.82) is 0 Å². The van der Waals surface area contributed by atoms with Crippen LogP contribution in [0.3, 0.4) is 0 Å². The summed E-state index contributed by atoms with van der Waals surface area (Å²) in [4.78, 5) is 12.1. The van der Waals surface area contributed by atoms with Gasteiger partial charge in [-0.3, -0.25) is 4.79 Å². The van der Waals surface area contributed by atoms with Crippen LogP contribution in [0.15, 0.2) is 34.7 Å². The normalized spacial score (nSPS) is 10.3. The maximum Gasteiger partial charge on any atom is 0.251 e. The first-order valence-electron chi connectivity index (χ1n) is 6.78. The van der Waals surface area contributed by atoms with Crippen LogP contribution in [0.5, 0.6) is 0 Å². The molecule has 1 heterocycles. The summed E-state index contributed by atoms with van der Waals surface area (Å²) in [6.45, 7) is 7.13. The Kier molecular flexibility index (Phi) is 4.45. The molecule has 2 N–H and O–H groups in total. The summed E-state index contributed by atoms with van der Waals surface area (Å²) < 4.78 is 5.43. The third kappa shape index (κ3) is 3.41. The van der Waals surface area contributed by atoms with Crippen LogP contribution in [0, 0.1) is 13.8 Å². The Morgan fingerprint density at radius 2 is 2.00 bits per heavy atom. The van der Waals surface area contributed by atoms with Gasteiger partial charge in [-0.2, -0.15) is 0 Å². The minimum Gasteiger partial charge on any atom is -0.465 e. The van der Waals surface area contributed by atoms with Gasteiger partial charge in [-0.25, -0.2) is 0 Å². The molecule has 20 heavy (non-hydrogen) atoms. The van der Waals surface area contributed by atoms with Gasteiger partial charge in [0.15, 0.2) is 0 Å². The van der Waals surface area contributed by atoms with E-state index in [0.717, 1.165) is 29.3 Å². The van der Waals surface area contributed by atoms with Crippen molar-refractivity contribution in [2.75, 3.05) is 11.9 Å². The zero-order chi connectivity index (χ0) is 14.5. The molecule has 0 radical (unpaired) electrons. The topological polar surface area (TPSA) is 54.3 Å². The molecule has 0 atom stereocenters. The maximum absolute atomic E-state index is 12.1. The van der Waals surface area contributed by atoms with Crippen molar-refractivity contribution in [3.8, 4) is 0 Å². The molecule has 2 rings (SSSR count). The van der Waals surface area contributed by atoms with Crippen LogP contribution >= 0.6 is 0 Å². The number of carbonyl (C=O) groups excluding carboxylic acids is 1. The minimum absolute atomic E-state index is 0.0837. The van der Waals surface area contributed by atoms with Gasteiger partial charge < -0.3 is 15.1 Å². The van der Waals surface area contributed by atoms with Crippen molar-refractivity contribution in [2.45, 2.75) is 27.3 Å². The monoisotopic (exact) mass is 272 g/mol. The highest BCUT2D eigenvalue weighted by atomic mass is 16.3. The van der Waals surface area contributed by atoms with E-state index >= 15 is 0 Å². The van der Waals surface area contributed by atoms with Crippen molar-refractivity contribution in [1.82, 2.24) is 5.32 Å². The van der Waals surface area contributed by atoms with E-state index < -0.39 is 0 Å². The van der Waals surface area contributed by atoms with Gasteiger partial charge >= 0.3 is 0 Å². The van der Waals surface area contributed by atoms with Crippen molar-refractivity contribution >= 4 is 11.6 Å². The van der Waals surface area contributed by atoms with Gasteiger partial charge in [-0.15, -0.1) is 0 Å². The molecule has 0 aliphatic heterocycles. The minimum atomic E-state index is -0.0837. The molecule has 106 valence electrons. The van der Waals surface area contributed by atoms with Crippen LogP contribution in [0.1, 0.15) is 34.4 Å². The second-order valence-corrected chi connectivity index (χ2v) is 4.76. The van der Waals surface area contributed by atoms with Crippen molar-refractivity contribution < 1.29 is 9.21 Å². The zero-order valence-electron chi connectivity index (χ0n) is 12.1. The molecule has 0 aliphatic rings. The van der Waals surface area contributed by atoms with E-state index in [1.807, 2.05) is 51.1 Å². The Labute approximate surface area is 119 Å². The van der Waals surface area contributed by atoms with Crippen LogP contribution in [-0.4, -0.2) is 12.5 Å². The van der Waals surface area contributed by atoms with Gasteiger partial charge in [-0.05, 0) is 56.7 Å². The summed E-state index contributed by atoms with van der Waals surface area (Å²) in [5.41, 5.74) is 2.68. The van der Waals surface area contributed by atoms with Gasteiger partial charge in [0, 0.05) is 17.8 Å². The highest BCUT2D eigenvalue weighted by Gasteiger charge is 2.10. The molecule has 0 saturated heterocycles. The summed E-state index contributed by atoms with van der Waals surface area (Å²) in [5, 5.41) is 6.10. The molecule has 0 unspecified atom stereocenters. The number of aryl methyl sites for hydroxylation is 2. The van der Waals surface area contributed by atoms with E-state index in [4.69, 9.17) is 4.42 Å². The molecule has 4 heteroatoms. The molecule has 1 aromatic heterocycles. The molecular formula is C16H20N2O2. The SMILES string of the molecule is CCNc1ccc(C(=O)NCc2ccc(C)o2)c(C)c1. The average Bonchev–Trinajstić information content (AvgIpc) is 2.82. The molecule has 1 aromatic carbocycles. The van der Waals surface area contributed by atoms with Crippen molar-refractivity contribution in [3.05, 3.63) is 53.0 Å². The highest BCUT2D eigenvalue weighted by molar-refractivity contribution is 5.96. The lowest BCUT2D eigenvalue weighted by atomic mass is 10.1. The number of carbonyl (C=O) groups is 1. The van der Waals surface area contributed by atoms with Gasteiger partial charge in [0.05, 0.1) is 6.54 Å². The predicted octanol–water partition coefficient (Wildman–Crippen LogP) is 3.26. The first-order valence-corrected chi connectivity index (χ1v) is 6.78. The number of amides is 1.